The van der Waals surface area contributed by atoms with Crippen molar-refractivity contribution in [3.05, 3.63) is 35.9 Å². The Balaban J connectivity index is 1.55. The van der Waals surface area contributed by atoms with Gasteiger partial charge in [0.2, 0.25) is 5.91 Å². The quantitative estimate of drug-likeness (QED) is 0.363. The highest BCUT2D eigenvalue weighted by Gasteiger charge is 2.45. The second-order valence-corrected chi connectivity index (χ2v) is 11.2. The first-order valence-electron chi connectivity index (χ1n) is 13.6. The fourth-order valence-corrected chi connectivity index (χ4v) is 5.36. The number of hydrogen-bond donors (Lipinski definition) is 3. The van der Waals surface area contributed by atoms with Crippen LogP contribution < -0.4 is 5.32 Å². The van der Waals surface area contributed by atoms with Gasteiger partial charge in [0.25, 0.3) is 5.92 Å². The fourth-order valence-electron chi connectivity index (χ4n) is 5.36. The maximum absolute atomic E-state index is 13.8. The molecule has 2 heterocycles. The molecule has 214 valence electrons. The van der Waals surface area contributed by atoms with Gasteiger partial charge in [-0.05, 0) is 57.9 Å². The molecule has 0 bridgehead atoms. The predicted molar refractivity (Wildman–Crippen MR) is 142 cm³/mol. The summed E-state index contributed by atoms with van der Waals surface area (Å²) < 4.78 is 32.9. The molecule has 0 saturated carbocycles. The van der Waals surface area contributed by atoms with E-state index in [0.717, 1.165) is 18.4 Å². The molecule has 3 N–H and O–H groups in total. The number of alkyl carbamates (subject to hydrolysis) is 1. The number of hydrogen-bond acceptors (Lipinski definition) is 7. The van der Waals surface area contributed by atoms with Crippen LogP contribution in [-0.4, -0.2) is 88.7 Å². The summed E-state index contributed by atoms with van der Waals surface area (Å²) in [5.74, 6) is -5.12. The van der Waals surface area contributed by atoms with E-state index in [1.54, 1.807) is 23.6 Å². The van der Waals surface area contributed by atoms with Gasteiger partial charge in [-0.2, -0.15) is 5.26 Å². The van der Waals surface area contributed by atoms with Gasteiger partial charge in [0.1, 0.15) is 12.5 Å². The van der Waals surface area contributed by atoms with Crippen molar-refractivity contribution < 1.29 is 33.2 Å². The Morgan fingerprint density at radius 1 is 1.26 bits per heavy atom. The fraction of sp³-hybridized carbons (Fsp3) is 0.667. The van der Waals surface area contributed by atoms with Gasteiger partial charge in [0.15, 0.2) is 0 Å². The average Bonchev–Trinajstić information content (AvgIpc) is 3.29. The third-order valence-corrected chi connectivity index (χ3v) is 7.75. The summed E-state index contributed by atoms with van der Waals surface area (Å²) >= 11 is 0. The lowest BCUT2D eigenvalue weighted by atomic mass is 9.76. The van der Waals surface area contributed by atoms with Gasteiger partial charge in [-0.1, -0.05) is 30.3 Å². The van der Waals surface area contributed by atoms with Gasteiger partial charge in [0.05, 0.1) is 24.6 Å². The molecule has 0 aromatic heterocycles. The standard InChI is InChI=1S/C27H39BF2N4O5/c1-26(2,33-15-13-27(29,30)19-33)16-21(17-31)24(35)34-14-7-6-10-22(34)18-39-25(36)32-23(28(37)38)12-11-20-8-4-3-5-9-20/h3-5,8-9,21-23,37-38H,6-7,10-16,18-19H2,1-2H3,(H,32,36)/t21?,22-,23+/m1/s1. The number of nitrogens with one attached hydrogen (secondary N) is 1. The van der Waals surface area contributed by atoms with Crippen LogP contribution in [-0.2, 0) is 16.0 Å². The van der Waals surface area contributed by atoms with E-state index in [4.69, 9.17) is 4.74 Å². The third kappa shape index (κ3) is 8.88. The lowest BCUT2D eigenvalue weighted by Gasteiger charge is -2.40. The van der Waals surface area contributed by atoms with E-state index in [1.165, 1.54) is 0 Å². The molecule has 0 spiro atoms. The molecule has 39 heavy (non-hydrogen) atoms. The lowest BCUT2D eigenvalue weighted by molar-refractivity contribution is -0.139. The van der Waals surface area contributed by atoms with E-state index >= 15 is 0 Å². The molecule has 3 atom stereocenters. The molecule has 2 aliphatic rings. The van der Waals surface area contributed by atoms with E-state index in [1.807, 2.05) is 30.3 Å². The van der Waals surface area contributed by atoms with Crippen molar-refractivity contribution in [2.45, 2.75) is 82.2 Å². The number of alkyl halides is 2. The summed E-state index contributed by atoms with van der Waals surface area (Å²) in [6.07, 6.45) is 2.00. The van der Waals surface area contributed by atoms with Crippen LogP contribution in [0.4, 0.5) is 13.6 Å². The molecular formula is C27H39BF2N4O5. The number of benzene rings is 1. The molecule has 1 aromatic carbocycles. The molecule has 0 radical (unpaired) electrons. The summed E-state index contributed by atoms with van der Waals surface area (Å²) in [7, 11) is -1.77. The third-order valence-electron chi connectivity index (χ3n) is 7.75. The molecule has 0 aliphatic carbocycles. The number of halogens is 2. The number of nitrogens with zero attached hydrogens (tertiary/aromatic N) is 3. The molecule has 3 rings (SSSR count). The normalized spacial score (nSPS) is 21.1. The molecule has 1 aromatic rings. The molecule has 2 saturated heterocycles. The lowest BCUT2D eigenvalue weighted by Crippen LogP contribution is -2.52. The van der Waals surface area contributed by atoms with Gasteiger partial charge in [0, 0.05) is 25.0 Å². The van der Waals surface area contributed by atoms with E-state index in [0.29, 0.717) is 19.4 Å². The molecule has 2 amide bonds. The summed E-state index contributed by atoms with van der Waals surface area (Å²) in [4.78, 5) is 29.1. The Labute approximate surface area is 229 Å². The van der Waals surface area contributed by atoms with Crippen molar-refractivity contribution in [3.63, 3.8) is 0 Å². The summed E-state index contributed by atoms with van der Waals surface area (Å²) in [6, 6.07) is 11.1. The van der Waals surface area contributed by atoms with Gasteiger partial charge < -0.3 is 25.0 Å². The minimum absolute atomic E-state index is 0.107. The number of nitriles is 1. The number of piperidine rings is 1. The van der Waals surface area contributed by atoms with Crippen molar-refractivity contribution in [2.24, 2.45) is 5.92 Å². The average molecular weight is 548 g/mol. The van der Waals surface area contributed by atoms with Crippen molar-refractivity contribution in [2.75, 3.05) is 26.2 Å². The highest BCUT2D eigenvalue weighted by Crippen LogP contribution is 2.35. The monoisotopic (exact) mass is 548 g/mol. The maximum atomic E-state index is 13.8. The molecule has 1 unspecified atom stereocenters. The van der Waals surface area contributed by atoms with E-state index in [-0.39, 0.29) is 32.4 Å². The largest absolute Gasteiger partial charge is 0.475 e. The zero-order valence-electron chi connectivity index (χ0n) is 22.7. The number of rotatable bonds is 11. The van der Waals surface area contributed by atoms with Crippen LogP contribution in [0.15, 0.2) is 30.3 Å². The highest BCUT2D eigenvalue weighted by atomic mass is 19.3. The molecule has 12 heteroatoms. The second-order valence-electron chi connectivity index (χ2n) is 11.2. The van der Waals surface area contributed by atoms with Gasteiger partial charge in [-0.15, -0.1) is 0 Å². The second kappa shape index (κ2) is 13.5. The Bertz CT molecular complexity index is 1010. The first kappa shape index (κ1) is 30.8. The molecule has 2 fully saturated rings. The van der Waals surface area contributed by atoms with Crippen molar-refractivity contribution in [1.82, 2.24) is 15.1 Å². The Hall–Kier alpha value is -2.75. The smallest absolute Gasteiger partial charge is 0.447 e. The summed E-state index contributed by atoms with van der Waals surface area (Å²) in [5.41, 5.74) is 0.223. The number of amides is 2. The van der Waals surface area contributed by atoms with Crippen LogP contribution >= 0.6 is 0 Å². The van der Waals surface area contributed by atoms with Crippen LogP contribution in [0.1, 0.15) is 57.9 Å². The first-order chi connectivity index (χ1) is 18.4. The number of likely N-dealkylation sites (tertiary alicyclic amines) is 2. The van der Waals surface area contributed by atoms with Crippen LogP contribution in [0, 0.1) is 17.2 Å². The predicted octanol–water partition coefficient (Wildman–Crippen LogP) is 2.76. The zero-order valence-corrected chi connectivity index (χ0v) is 22.7. The Morgan fingerprint density at radius 3 is 2.59 bits per heavy atom. The number of aryl methyl sites for hydroxylation is 1. The van der Waals surface area contributed by atoms with Gasteiger partial charge >= 0.3 is 13.2 Å². The van der Waals surface area contributed by atoms with Crippen molar-refractivity contribution >= 4 is 19.1 Å². The SMILES string of the molecule is CC(C)(CC(C#N)C(=O)N1CCCC[C@@H]1COC(=O)N[C@@H](CCc1ccccc1)B(O)O)N1CCC(F)(F)C1. The minimum atomic E-state index is -2.77. The molecular weight excluding hydrogens is 509 g/mol. The van der Waals surface area contributed by atoms with Gasteiger partial charge in [-0.25, -0.2) is 13.6 Å². The Morgan fingerprint density at radius 2 is 1.97 bits per heavy atom. The van der Waals surface area contributed by atoms with Crippen molar-refractivity contribution in [3.8, 4) is 6.07 Å². The van der Waals surface area contributed by atoms with Gasteiger partial charge in [-0.3, -0.25) is 9.69 Å². The highest BCUT2D eigenvalue weighted by molar-refractivity contribution is 6.43. The topological polar surface area (TPSA) is 126 Å². The number of carbonyl (C=O) groups is 2. The van der Waals surface area contributed by atoms with Crippen LogP contribution in [0.2, 0.25) is 0 Å². The van der Waals surface area contributed by atoms with Crippen LogP contribution in [0.3, 0.4) is 0 Å². The Kier molecular flexibility index (Phi) is 10.7. The number of ether oxygens (including phenoxy) is 1. The first-order valence-corrected chi connectivity index (χ1v) is 13.6. The van der Waals surface area contributed by atoms with Crippen LogP contribution in [0.25, 0.3) is 0 Å². The molecule has 2 aliphatic heterocycles. The van der Waals surface area contributed by atoms with E-state index < -0.39 is 55.0 Å². The van der Waals surface area contributed by atoms with Crippen LogP contribution in [0.5, 0.6) is 0 Å². The number of carbonyl (C=O) groups excluding carboxylic acids is 2. The summed E-state index contributed by atoms with van der Waals surface area (Å²) in [6.45, 7) is 3.66. The maximum Gasteiger partial charge on any atom is 0.475 e. The minimum Gasteiger partial charge on any atom is -0.447 e. The van der Waals surface area contributed by atoms with E-state index in [2.05, 4.69) is 11.4 Å². The summed E-state index contributed by atoms with van der Waals surface area (Å²) in [5, 5.41) is 31.7. The van der Waals surface area contributed by atoms with Crippen molar-refractivity contribution in [1.29, 1.82) is 5.26 Å². The molecule has 9 nitrogen and oxygen atoms in total. The zero-order chi connectivity index (χ0) is 28.6. The van der Waals surface area contributed by atoms with E-state index in [9.17, 15) is 33.7 Å².